The first-order chi connectivity index (χ1) is 17.4. The molecule has 6 nitrogen and oxygen atoms in total. The number of hydrogen-bond donors (Lipinski definition) is 1. The number of ether oxygens (including phenoxy) is 2. The van der Waals surface area contributed by atoms with E-state index in [1.165, 1.54) is 29.2 Å². The Morgan fingerprint density at radius 3 is 2.42 bits per heavy atom. The van der Waals surface area contributed by atoms with E-state index < -0.39 is 23.5 Å². The Bertz CT molecular complexity index is 1300. The minimum absolute atomic E-state index is 0.0789. The lowest BCUT2D eigenvalue weighted by Crippen LogP contribution is -2.29. The highest BCUT2D eigenvalue weighted by molar-refractivity contribution is 6.46. The topological polar surface area (TPSA) is 76.1 Å². The van der Waals surface area contributed by atoms with Gasteiger partial charge in [-0.05, 0) is 54.4 Å². The average molecular weight is 488 g/mol. The van der Waals surface area contributed by atoms with Crippen LogP contribution in [0.3, 0.4) is 0 Å². The summed E-state index contributed by atoms with van der Waals surface area (Å²) in [4.78, 5) is 27.9. The zero-order valence-electron chi connectivity index (χ0n) is 19.8. The molecule has 1 N–H and O–H groups in total. The van der Waals surface area contributed by atoms with Crippen molar-refractivity contribution in [2.75, 3.05) is 13.2 Å². The average Bonchev–Trinajstić information content (AvgIpc) is 3.13. The predicted molar refractivity (Wildman–Crippen MR) is 134 cm³/mol. The van der Waals surface area contributed by atoms with Crippen molar-refractivity contribution in [1.82, 2.24) is 4.90 Å². The molecule has 0 bridgehead atoms. The van der Waals surface area contributed by atoms with E-state index in [-0.39, 0.29) is 30.0 Å². The highest BCUT2D eigenvalue weighted by Crippen LogP contribution is 2.42. The summed E-state index contributed by atoms with van der Waals surface area (Å²) in [6, 6.07) is 18.6. The Labute approximate surface area is 208 Å². The molecule has 7 heteroatoms. The summed E-state index contributed by atoms with van der Waals surface area (Å²) in [7, 11) is 0. The van der Waals surface area contributed by atoms with Crippen LogP contribution in [0.15, 0.2) is 91.0 Å². The molecular weight excluding hydrogens is 461 g/mol. The van der Waals surface area contributed by atoms with Crippen LogP contribution in [-0.2, 0) is 16.1 Å². The number of likely N-dealkylation sites (tertiary alicyclic amines) is 1. The summed E-state index contributed by atoms with van der Waals surface area (Å²) in [6.45, 7) is 6.28. The number of halogens is 1. The number of nitrogens with zero attached hydrogens (tertiary/aromatic N) is 1. The van der Waals surface area contributed by atoms with Gasteiger partial charge in [-0.3, -0.25) is 9.59 Å². The lowest BCUT2D eigenvalue weighted by atomic mass is 9.94. The number of amides is 1. The van der Waals surface area contributed by atoms with Crippen LogP contribution < -0.4 is 9.47 Å². The van der Waals surface area contributed by atoms with E-state index in [9.17, 15) is 19.1 Å². The molecular formula is C29H26FNO5. The Morgan fingerprint density at radius 2 is 1.75 bits per heavy atom. The maximum Gasteiger partial charge on any atom is 0.295 e. The van der Waals surface area contributed by atoms with Gasteiger partial charge in [0.25, 0.3) is 11.7 Å². The van der Waals surface area contributed by atoms with Crippen molar-refractivity contribution in [2.45, 2.75) is 19.5 Å². The minimum atomic E-state index is -0.900. The Morgan fingerprint density at radius 1 is 1.03 bits per heavy atom. The van der Waals surface area contributed by atoms with Crippen molar-refractivity contribution in [3.63, 3.8) is 0 Å². The van der Waals surface area contributed by atoms with E-state index in [1.54, 1.807) is 24.3 Å². The lowest BCUT2D eigenvalue weighted by molar-refractivity contribution is -0.140. The van der Waals surface area contributed by atoms with Gasteiger partial charge in [0.15, 0.2) is 11.5 Å². The third-order valence-corrected chi connectivity index (χ3v) is 5.79. The molecule has 1 atom stereocenters. The molecule has 4 rings (SSSR count). The minimum Gasteiger partial charge on any atom is -0.507 e. The number of aliphatic hydroxyl groups excluding tert-OH is 1. The van der Waals surface area contributed by atoms with Gasteiger partial charge in [0.05, 0.1) is 18.2 Å². The van der Waals surface area contributed by atoms with Crippen LogP contribution in [0.2, 0.25) is 0 Å². The molecule has 36 heavy (non-hydrogen) atoms. The maximum absolute atomic E-state index is 13.5. The van der Waals surface area contributed by atoms with Crippen LogP contribution in [0.25, 0.3) is 5.76 Å². The van der Waals surface area contributed by atoms with E-state index in [1.807, 2.05) is 37.3 Å². The standard InChI is InChI=1S/C29H26FNO5/c1-3-16-36-23-15-12-21(17-24(23)35-4-2)26-25(27(32)20-10-13-22(30)14-11-20)28(33)29(34)31(26)18-19-8-6-5-7-9-19/h3,5-15,17,26,32H,1,4,16,18H2,2H3/b27-25+. The fourth-order valence-corrected chi connectivity index (χ4v) is 4.16. The fourth-order valence-electron chi connectivity index (χ4n) is 4.16. The number of benzene rings is 3. The molecule has 184 valence electrons. The number of carbonyl (C=O) groups excluding carboxylic acids is 2. The Hall–Kier alpha value is -4.39. The normalized spacial score (nSPS) is 16.7. The molecule has 0 aromatic heterocycles. The van der Waals surface area contributed by atoms with Crippen molar-refractivity contribution in [3.8, 4) is 11.5 Å². The van der Waals surface area contributed by atoms with E-state index in [0.29, 0.717) is 23.7 Å². The van der Waals surface area contributed by atoms with Crippen molar-refractivity contribution in [1.29, 1.82) is 0 Å². The first kappa shape index (κ1) is 24.7. The molecule has 0 radical (unpaired) electrons. The third-order valence-electron chi connectivity index (χ3n) is 5.79. The van der Waals surface area contributed by atoms with Gasteiger partial charge in [-0.2, -0.15) is 0 Å². The Kier molecular flexibility index (Phi) is 7.49. The molecule has 3 aromatic carbocycles. The molecule has 0 aliphatic carbocycles. The van der Waals surface area contributed by atoms with Gasteiger partial charge in [-0.15, -0.1) is 0 Å². The SMILES string of the molecule is C=CCOc1ccc(C2/C(=C(\O)c3ccc(F)cc3)C(=O)C(=O)N2Cc2ccccc2)cc1OCC. The molecule has 0 saturated carbocycles. The third kappa shape index (κ3) is 5.00. The van der Waals surface area contributed by atoms with Gasteiger partial charge in [-0.1, -0.05) is 49.1 Å². The lowest BCUT2D eigenvalue weighted by Gasteiger charge is -2.26. The van der Waals surface area contributed by atoms with Crippen LogP contribution in [-0.4, -0.2) is 34.9 Å². The summed E-state index contributed by atoms with van der Waals surface area (Å²) in [5.41, 5.74) is 1.53. The summed E-state index contributed by atoms with van der Waals surface area (Å²) in [5.74, 6) is -1.49. The number of hydrogen-bond acceptors (Lipinski definition) is 5. The molecule has 1 unspecified atom stereocenters. The van der Waals surface area contributed by atoms with Crippen molar-refractivity contribution >= 4 is 17.4 Å². The summed E-state index contributed by atoms with van der Waals surface area (Å²) < 4.78 is 25.0. The second-order valence-corrected chi connectivity index (χ2v) is 8.16. The van der Waals surface area contributed by atoms with E-state index in [4.69, 9.17) is 9.47 Å². The summed E-state index contributed by atoms with van der Waals surface area (Å²) >= 11 is 0. The second kappa shape index (κ2) is 10.9. The molecule has 1 aliphatic rings. The first-order valence-corrected chi connectivity index (χ1v) is 11.5. The largest absolute Gasteiger partial charge is 0.507 e. The van der Waals surface area contributed by atoms with E-state index in [0.717, 1.165) is 5.56 Å². The predicted octanol–water partition coefficient (Wildman–Crippen LogP) is 5.41. The first-order valence-electron chi connectivity index (χ1n) is 11.5. The van der Waals surface area contributed by atoms with E-state index in [2.05, 4.69) is 6.58 Å². The number of Topliss-reactive ketones (excluding diaryl/α,β-unsaturated/α-hetero) is 1. The molecule has 1 fully saturated rings. The summed E-state index contributed by atoms with van der Waals surface area (Å²) in [5, 5.41) is 11.1. The van der Waals surface area contributed by atoms with Gasteiger partial charge in [0, 0.05) is 12.1 Å². The van der Waals surface area contributed by atoms with Gasteiger partial charge in [0.1, 0.15) is 18.2 Å². The monoisotopic (exact) mass is 487 g/mol. The zero-order chi connectivity index (χ0) is 25.7. The van der Waals surface area contributed by atoms with Crippen LogP contribution in [0.4, 0.5) is 4.39 Å². The quantitative estimate of drug-likeness (QED) is 0.189. The van der Waals surface area contributed by atoms with Gasteiger partial charge in [0.2, 0.25) is 0 Å². The van der Waals surface area contributed by atoms with Gasteiger partial charge >= 0.3 is 0 Å². The second-order valence-electron chi connectivity index (χ2n) is 8.16. The Balaban J connectivity index is 1.87. The number of carbonyl (C=O) groups is 2. The summed E-state index contributed by atoms with van der Waals surface area (Å²) in [6.07, 6.45) is 1.61. The molecule has 1 saturated heterocycles. The number of ketones is 1. The van der Waals surface area contributed by atoms with E-state index >= 15 is 0 Å². The van der Waals surface area contributed by atoms with Gasteiger partial charge in [-0.25, -0.2) is 4.39 Å². The highest BCUT2D eigenvalue weighted by atomic mass is 19.1. The molecule has 0 spiro atoms. The van der Waals surface area contributed by atoms with Crippen molar-refractivity contribution in [3.05, 3.63) is 114 Å². The number of aliphatic hydroxyl groups is 1. The van der Waals surface area contributed by atoms with Crippen LogP contribution in [0.1, 0.15) is 29.7 Å². The maximum atomic E-state index is 13.5. The van der Waals surface area contributed by atoms with Crippen molar-refractivity contribution in [2.24, 2.45) is 0 Å². The fraction of sp³-hybridized carbons (Fsp3) is 0.172. The highest BCUT2D eigenvalue weighted by Gasteiger charge is 2.46. The molecule has 3 aromatic rings. The van der Waals surface area contributed by atoms with Crippen molar-refractivity contribution < 1.29 is 28.6 Å². The van der Waals surface area contributed by atoms with Crippen LogP contribution in [0, 0.1) is 5.82 Å². The molecule has 1 heterocycles. The molecule has 1 aliphatic heterocycles. The smallest absolute Gasteiger partial charge is 0.295 e. The van der Waals surface area contributed by atoms with Crippen LogP contribution in [0.5, 0.6) is 11.5 Å². The molecule has 1 amide bonds. The zero-order valence-corrected chi connectivity index (χ0v) is 19.8. The van der Waals surface area contributed by atoms with Crippen LogP contribution >= 0.6 is 0 Å². The van der Waals surface area contributed by atoms with Gasteiger partial charge < -0.3 is 19.5 Å². The number of rotatable bonds is 9.